The molecule has 1 aromatic rings. The molecule has 0 aromatic heterocycles. The van der Waals surface area contributed by atoms with Crippen molar-refractivity contribution in [1.82, 2.24) is 4.90 Å². The Morgan fingerprint density at radius 3 is 2.50 bits per heavy atom. The van der Waals surface area contributed by atoms with Crippen LogP contribution in [0, 0.1) is 6.92 Å². The van der Waals surface area contributed by atoms with Crippen molar-refractivity contribution in [1.29, 1.82) is 0 Å². The van der Waals surface area contributed by atoms with E-state index in [9.17, 15) is 9.59 Å². The van der Waals surface area contributed by atoms with Crippen molar-refractivity contribution < 1.29 is 14.3 Å². The van der Waals surface area contributed by atoms with Crippen molar-refractivity contribution in [2.75, 3.05) is 20.2 Å². The van der Waals surface area contributed by atoms with E-state index in [1.807, 2.05) is 25.1 Å². The number of primary amides is 1. The van der Waals surface area contributed by atoms with Gasteiger partial charge in [0.05, 0.1) is 6.54 Å². The monoisotopic (exact) mass is 278 g/mol. The van der Waals surface area contributed by atoms with Gasteiger partial charge in [-0.2, -0.15) is 0 Å². The fourth-order valence-corrected chi connectivity index (χ4v) is 1.96. The molecule has 5 nitrogen and oxygen atoms in total. The van der Waals surface area contributed by atoms with Gasteiger partial charge in [-0.05, 0) is 36.1 Å². The van der Waals surface area contributed by atoms with E-state index in [1.165, 1.54) is 17.5 Å². The second-order valence-corrected chi connectivity index (χ2v) is 5.18. The molecule has 0 aliphatic carbocycles. The fraction of sp³-hybridized carbons (Fsp3) is 0.467. The summed E-state index contributed by atoms with van der Waals surface area (Å²) in [4.78, 5) is 23.7. The normalized spacial score (nSPS) is 10.4. The first-order valence-electron chi connectivity index (χ1n) is 6.57. The molecule has 0 saturated heterocycles. The van der Waals surface area contributed by atoms with Crippen LogP contribution in [0.2, 0.25) is 0 Å². The van der Waals surface area contributed by atoms with Crippen LogP contribution in [0.25, 0.3) is 0 Å². The van der Waals surface area contributed by atoms with E-state index >= 15 is 0 Å². The number of hydrogen-bond donors (Lipinski definition) is 1. The third-order valence-electron chi connectivity index (χ3n) is 3.04. The maximum atomic E-state index is 11.7. The predicted molar refractivity (Wildman–Crippen MR) is 77.6 cm³/mol. The second-order valence-electron chi connectivity index (χ2n) is 5.18. The predicted octanol–water partition coefficient (Wildman–Crippen LogP) is 1.44. The highest BCUT2D eigenvalue weighted by atomic mass is 16.5. The number of nitrogens with zero attached hydrogens (tertiary/aromatic N) is 1. The van der Waals surface area contributed by atoms with Crippen LogP contribution in [0.15, 0.2) is 18.2 Å². The molecule has 1 aromatic carbocycles. The summed E-state index contributed by atoms with van der Waals surface area (Å²) < 4.78 is 5.44. The van der Waals surface area contributed by atoms with Gasteiger partial charge in [0.1, 0.15) is 5.75 Å². The van der Waals surface area contributed by atoms with Crippen LogP contribution in [0.4, 0.5) is 0 Å². The maximum Gasteiger partial charge on any atom is 0.260 e. The van der Waals surface area contributed by atoms with Gasteiger partial charge in [-0.3, -0.25) is 9.59 Å². The molecule has 0 heterocycles. The number of rotatable bonds is 6. The molecule has 20 heavy (non-hydrogen) atoms. The van der Waals surface area contributed by atoms with E-state index in [-0.39, 0.29) is 19.1 Å². The summed E-state index contributed by atoms with van der Waals surface area (Å²) in [5.74, 6) is 0.271. The molecule has 0 radical (unpaired) electrons. The van der Waals surface area contributed by atoms with Crippen LogP contribution in [0.1, 0.15) is 30.9 Å². The Bertz CT molecular complexity index is 498. The molecule has 2 amide bonds. The summed E-state index contributed by atoms with van der Waals surface area (Å²) >= 11 is 0. The lowest BCUT2D eigenvalue weighted by atomic mass is 9.98. The van der Waals surface area contributed by atoms with E-state index in [0.29, 0.717) is 11.7 Å². The van der Waals surface area contributed by atoms with Gasteiger partial charge in [0.25, 0.3) is 5.91 Å². The number of amides is 2. The van der Waals surface area contributed by atoms with Gasteiger partial charge in [0.2, 0.25) is 5.91 Å². The summed E-state index contributed by atoms with van der Waals surface area (Å²) in [6, 6.07) is 5.77. The molecule has 0 spiro atoms. The average Bonchev–Trinajstić information content (AvgIpc) is 2.34. The number of ether oxygens (including phenoxy) is 1. The first-order chi connectivity index (χ1) is 9.31. The van der Waals surface area contributed by atoms with Crippen molar-refractivity contribution >= 4 is 11.8 Å². The molecular formula is C15H22N2O3. The van der Waals surface area contributed by atoms with Crippen LogP contribution >= 0.6 is 0 Å². The van der Waals surface area contributed by atoms with Gasteiger partial charge in [-0.15, -0.1) is 0 Å². The van der Waals surface area contributed by atoms with E-state index in [1.54, 1.807) is 0 Å². The highest BCUT2D eigenvalue weighted by Gasteiger charge is 2.12. The number of aryl methyl sites for hydroxylation is 1. The zero-order chi connectivity index (χ0) is 15.3. The van der Waals surface area contributed by atoms with Crippen molar-refractivity contribution in [3.8, 4) is 5.75 Å². The highest BCUT2D eigenvalue weighted by molar-refractivity contribution is 5.84. The van der Waals surface area contributed by atoms with E-state index in [2.05, 4.69) is 13.8 Å². The summed E-state index contributed by atoms with van der Waals surface area (Å²) in [7, 11) is 1.52. The molecule has 0 unspecified atom stereocenters. The summed E-state index contributed by atoms with van der Waals surface area (Å²) in [6.45, 7) is 6.07. The van der Waals surface area contributed by atoms with E-state index in [4.69, 9.17) is 10.5 Å². The largest absolute Gasteiger partial charge is 0.484 e. The molecule has 0 aliphatic heterocycles. The first-order valence-corrected chi connectivity index (χ1v) is 6.57. The molecule has 0 fully saturated rings. The Morgan fingerprint density at radius 2 is 2.00 bits per heavy atom. The average molecular weight is 278 g/mol. The van der Waals surface area contributed by atoms with Gasteiger partial charge < -0.3 is 15.4 Å². The maximum absolute atomic E-state index is 11.7. The van der Waals surface area contributed by atoms with E-state index in [0.717, 1.165) is 5.56 Å². The van der Waals surface area contributed by atoms with E-state index < -0.39 is 5.91 Å². The quantitative estimate of drug-likeness (QED) is 0.855. The third-order valence-corrected chi connectivity index (χ3v) is 3.04. The van der Waals surface area contributed by atoms with Crippen LogP contribution < -0.4 is 10.5 Å². The van der Waals surface area contributed by atoms with Crippen molar-refractivity contribution in [2.24, 2.45) is 5.73 Å². The molecule has 1 rings (SSSR count). The number of likely N-dealkylation sites (N-methyl/N-ethyl adjacent to an activating group) is 1. The molecular weight excluding hydrogens is 256 g/mol. The van der Waals surface area contributed by atoms with Crippen molar-refractivity contribution in [3.05, 3.63) is 29.3 Å². The number of carbonyl (C=O) groups is 2. The summed E-state index contributed by atoms with van der Waals surface area (Å²) in [5.41, 5.74) is 7.42. The van der Waals surface area contributed by atoms with Gasteiger partial charge in [0.15, 0.2) is 6.61 Å². The minimum atomic E-state index is -0.544. The number of carbonyl (C=O) groups excluding carboxylic acids is 2. The lowest BCUT2D eigenvalue weighted by Crippen LogP contribution is -2.38. The topological polar surface area (TPSA) is 72.6 Å². The Hall–Kier alpha value is -2.04. The number of nitrogens with two attached hydrogens (primary N) is 1. The fourth-order valence-electron chi connectivity index (χ4n) is 1.96. The molecule has 5 heteroatoms. The lowest BCUT2D eigenvalue weighted by Gasteiger charge is -2.16. The minimum absolute atomic E-state index is 0.104. The third kappa shape index (κ3) is 4.57. The molecule has 0 bridgehead atoms. The second kappa shape index (κ2) is 6.93. The van der Waals surface area contributed by atoms with Crippen LogP contribution in [0.3, 0.4) is 0 Å². The molecule has 110 valence electrons. The van der Waals surface area contributed by atoms with Crippen LogP contribution in [-0.4, -0.2) is 36.9 Å². The molecule has 2 N–H and O–H groups in total. The zero-order valence-electron chi connectivity index (χ0n) is 12.5. The van der Waals surface area contributed by atoms with Crippen LogP contribution in [0.5, 0.6) is 5.75 Å². The first kappa shape index (κ1) is 16.0. The Kier molecular flexibility index (Phi) is 5.55. The van der Waals surface area contributed by atoms with Gasteiger partial charge >= 0.3 is 0 Å². The molecule has 0 aliphatic rings. The molecule has 0 atom stereocenters. The van der Waals surface area contributed by atoms with Gasteiger partial charge in [-0.25, -0.2) is 0 Å². The minimum Gasteiger partial charge on any atom is -0.484 e. The Morgan fingerprint density at radius 1 is 1.35 bits per heavy atom. The van der Waals surface area contributed by atoms with Crippen molar-refractivity contribution in [2.45, 2.75) is 26.7 Å². The van der Waals surface area contributed by atoms with Crippen LogP contribution in [-0.2, 0) is 9.59 Å². The van der Waals surface area contributed by atoms with Gasteiger partial charge in [0, 0.05) is 7.05 Å². The smallest absolute Gasteiger partial charge is 0.260 e. The molecule has 0 saturated carbocycles. The standard InChI is InChI=1S/C15H22N2O3/c1-10(2)13-6-5-12(7-11(13)3)20-9-15(19)17(4)8-14(16)18/h5-7,10H,8-9H2,1-4H3,(H2,16,18). The summed E-state index contributed by atoms with van der Waals surface area (Å²) in [5, 5.41) is 0. The SMILES string of the molecule is Cc1cc(OCC(=O)N(C)CC(N)=O)ccc1C(C)C. The Balaban J connectivity index is 2.60. The number of hydrogen-bond acceptors (Lipinski definition) is 3. The van der Waals surface area contributed by atoms with Gasteiger partial charge in [-0.1, -0.05) is 19.9 Å². The summed E-state index contributed by atoms with van der Waals surface area (Å²) in [6.07, 6.45) is 0. The zero-order valence-corrected chi connectivity index (χ0v) is 12.5. The lowest BCUT2D eigenvalue weighted by molar-refractivity contribution is -0.135. The number of benzene rings is 1. The Labute approximate surface area is 119 Å². The highest BCUT2D eigenvalue weighted by Crippen LogP contribution is 2.23. The van der Waals surface area contributed by atoms with Crippen molar-refractivity contribution in [3.63, 3.8) is 0 Å².